The third-order valence-electron chi connectivity index (χ3n) is 3.31. The number of hydrogen-bond acceptors (Lipinski definition) is 3. The number of Topliss-reactive ketones (excluding diaryl/α,β-unsaturated/α-hetero) is 2. The molecule has 1 atom stereocenters. The molecule has 108 valence electrons. The van der Waals surface area contributed by atoms with E-state index in [9.17, 15) is 9.59 Å². The molecule has 0 fully saturated rings. The molecule has 2 nitrogen and oxygen atoms in total. The Bertz CT molecular complexity index is 594. The van der Waals surface area contributed by atoms with Crippen LogP contribution in [0.3, 0.4) is 0 Å². The summed E-state index contributed by atoms with van der Waals surface area (Å²) in [4.78, 5) is 25.0. The fourth-order valence-corrected chi connectivity index (χ4v) is 3.75. The van der Waals surface area contributed by atoms with Crippen molar-refractivity contribution >= 4 is 23.3 Å². The van der Waals surface area contributed by atoms with E-state index in [1.54, 1.807) is 11.8 Å². The van der Waals surface area contributed by atoms with Crippen molar-refractivity contribution in [3.63, 3.8) is 0 Å². The molecule has 0 spiro atoms. The van der Waals surface area contributed by atoms with Crippen LogP contribution in [0.4, 0.5) is 0 Å². The predicted octanol–water partition coefficient (Wildman–Crippen LogP) is 4.31. The number of ketones is 2. The van der Waals surface area contributed by atoms with Gasteiger partial charge < -0.3 is 0 Å². The Labute approximate surface area is 129 Å². The van der Waals surface area contributed by atoms with Crippen molar-refractivity contribution in [1.82, 2.24) is 0 Å². The van der Waals surface area contributed by atoms with Gasteiger partial charge in [-0.3, -0.25) is 9.59 Å². The van der Waals surface area contributed by atoms with Gasteiger partial charge in [-0.1, -0.05) is 48.5 Å². The second-order valence-corrected chi connectivity index (χ2v) is 6.18. The summed E-state index contributed by atoms with van der Waals surface area (Å²) < 4.78 is 0. The lowest BCUT2D eigenvalue weighted by Gasteiger charge is -2.23. The zero-order valence-electron chi connectivity index (χ0n) is 12.2. The predicted molar refractivity (Wildman–Crippen MR) is 86.3 cm³/mol. The Hall–Kier alpha value is -1.87. The first-order chi connectivity index (χ1) is 10.1. The van der Waals surface area contributed by atoms with E-state index < -0.39 is 5.92 Å². The standard InChI is InChI=1S/C18H18O2S/c1-13(19)17(14(2)20)18(15-9-5-3-6-10-15)21-16-11-7-4-8-12-16/h3-12,17-18H,1-2H3/t18-/m0/s1. The lowest BCUT2D eigenvalue weighted by Crippen LogP contribution is -2.25. The topological polar surface area (TPSA) is 34.1 Å². The lowest BCUT2D eigenvalue weighted by molar-refractivity contribution is -0.130. The average Bonchev–Trinajstić information content (AvgIpc) is 2.48. The molecule has 0 N–H and O–H groups in total. The smallest absolute Gasteiger partial charge is 0.141 e. The van der Waals surface area contributed by atoms with Crippen molar-refractivity contribution in [3.8, 4) is 0 Å². The van der Waals surface area contributed by atoms with Gasteiger partial charge in [0.05, 0.1) is 11.2 Å². The molecule has 3 heteroatoms. The summed E-state index contributed by atoms with van der Waals surface area (Å²) in [6.07, 6.45) is 0. The molecular weight excluding hydrogens is 280 g/mol. The SMILES string of the molecule is CC(=O)C(C(C)=O)[C@@H](Sc1ccccc1)c1ccccc1. The molecule has 2 rings (SSSR count). The number of benzene rings is 2. The molecule has 0 aromatic heterocycles. The van der Waals surface area contributed by atoms with E-state index in [0.717, 1.165) is 10.5 Å². The molecule has 0 aliphatic carbocycles. The van der Waals surface area contributed by atoms with E-state index in [2.05, 4.69) is 0 Å². The summed E-state index contributed by atoms with van der Waals surface area (Å²) in [6, 6.07) is 19.6. The molecule has 0 amide bonds. The molecule has 2 aromatic rings. The van der Waals surface area contributed by atoms with Crippen molar-refractivity contribution in [2.24, 2.45) is 5.92 Å². The zero-order chi connectivity index (χ0) is 15.2. The fourth-order valence-electron chi connectivity index (χ4n) is 2.33. The van der Waals surface area contributed by atoms with Crippen LogP contribution in [0.25, 0.3) is 0 Å². The second-order valence-electron chi connectivity index (χ2n) is 4.96. The Morgan fingerprint density at radius 1 is 0.810 bits per heavy atom. The average molecular weight is 298 g/mol. The van der Waals surface area contributed by atoms with E-state index >= 15 is 0 Å². The number of hydrogen-bond donors (Lipinski definition) is 0. The fraction of sp³-hybridized carbons (Fsp3) is 0.222. The first-order valence-electron chi connectivity index (χ1n) is 6.87. The second kappa shape index (κ2) is 7.23. The van der Waals surface area contributed by atoms with E-state index in [-0.39, 0.29) is 16.8 Å². The summed E-state index contributed by atoms with van der Waals surface area (Å²) in [5, 5.41) is -0.191. The van der Waals surface area contributed by atoms with Crippen LogP contribution in [0.1, 0.15) is 24.7 Å². The summed E-state index contributed by atoms with van der Waals surface area (Å²) in [7, 11) is 0. The first-order valence-corrected chi connectivity index (χ1v) is 7.75. The van der Waals surface area contributed by atoms with Crippen molar-refractivity contribution in [1.29, 1.82) is 0 Å². The van der Waals surface area contributed by atoms with Crippen LogP contribution in [0.5, 0.6) is 0 Å². The monoisotopic (exact) mass is 298 g/mol. The van der Waals surface area contributed by atoms with Crippen molar-refractivity contribution in [2.45, 2.75) is 24.0 Å². The quantitative estimate of drug-likeness (QED) is 0.588. The summed E-state index contributed by atoms with van der Waals surface area (Å²) >= 11 is 1.56. The Kier molecular flexibility index (Phi) is 5.34. The summed E-state index contributed by atoms with van der Waals surface area (Å²) in [5.41, 5.74) is 1.00. The Morgan fingerprint density at radius 3 is 1.76 bits per heavy atom. The van der Waals surface area contributed by atoms with Gasteiger partial charge in [-0.2, -0.15) is 0 Å². The van der Waals surface area contributed by atoms with Gasteiger partial charge in [0.15, 0.2) is 0 Å². The molecule has 21 heavy (non-hydrogen) atoms. The molecular formula is C18H18O2S. The van der Waals surface area contributed by atoms with Crippen LogP contribution in [-0.4, -0.2) is 11.6 Å². The van der Waals surface area contributed by atoms with E-state index in [1.165, 1.54) is 13.8 Å². The van der Waals surface area contributed by atoms with Gasteiger partial charge in [-0.15, -0.1) is 11.8 Å². The van der Waals surface area contributed by atoms with Crippen molar-refractivity contribution < 1.29 is 9.59 Å². The molecule has 0 saturated carbocycles. The molecule has 0 radical (unpaired) electrons. The van der Waals surface area contributed by atoms with E-state index in [0.29, 0.717) is 0 Å². The normalized spacial score (nSPS) is 12.1. The van der Waals surface area contributed by atoms with Gasteiger partial charge in [0, 0.05) is 4.90 Å². The lowest BCUT2D eigenvalue weighted by atomic mass is 9.92. The molecule has 0 heterocycles. The van der Waals surface area contributed by atoms with Crippen LogP contribution in [0.2, 0.25) is 0 Å². The maximum absolute atomic E-state index is 12.0. The molecule has 0 saturated heterocycles. The largest absolute Gasteiger partial charge is 0.299 e. The van der Waals surface area contributed by atoms with Gasteiger partial charge in [-0.05, 0) is 31.5 Å². The highest BCUT2D eigenvalue weighted by molar-refractivity contribution is 7.99. The van der Waals surface area contributed by atoms with Crippen LogP contribution in [0.15, 0.2) is 65.6 Å². The summed E-state index contributed by atoms with van der Waals surface area (Å²) in [5.74, 6) is -0.780. The van der Waals surface area contributed by atoms with Crippen molar-refractivity contribution in [3.05, 3.63) is 66.2 Å². The first kappa shape index (κ1) is 15.5. The minimum Gasteiger partial charge on any atom is -0.299 e. The highest BCUT2D eigenvalue weighted by Gasteiger charge is 2.31. The number of carbonyl (C=O) groups excluding carboxylic acids is 2. The van der Waals surface area contributed by atoms with Crippen LogP contribution in [-0.2, 0) is 9.59 Å². The Morgan fingerprint density at radius 2 is 1.29 bits per heavy atom. The molecule has 2 aromatic carbocycles. The molecule has 0 aliphatic rings. The van der Waals surface area contributed by atoms with Crippen LogP contribution >= 0.6 is 11.8 Å². The van der Waals surface area contributed by atoms with Gasteiger partial charge >= 0.3 is 0 Å². The minimum atomic E-state index is -0.613. The highest BCUT2D eigenvalue weighted by Crippen LogP contribution is 2.41. The maximum Gasteiger partial charge on any atom is 0.141 e. The van der Waals surface area contributed by atoms with Gasteiger partial charge in [0.25, 0.3) is 0 Å². The van der Waals surface area contributed by atoms with Crippen molar-refractivity contribution in [2.75, 3.05) is 0 Å². The summed E-state index contributed by atoms with van der Waals surface area (Å²) in [6.45, 7) is 2.99. The maximum atomic E-state index is 12.0. The third-order valence-corrected chi connectivity index (χ3v) is 4.66. The highest BCUT2D eigenvalue weighted by atomic mass is 32.2. The van der Waals surface area contributed by atoms with Crippen LogP contribution < -0.4 is 0 Å². The van der Waals surface area contributed by atoms with Gasteiger partial charge in [0.2, 0.25) is 0 Å². The van der Waals surface area contributed by atoms with Gasteiger partial charge in [0.1, 0.15) is 11.6 Å². The third kappa shape index (κ3) is 4.05. The Balaban J connectivity index is 2.39. The number of rotatable bonds is 6. The molecule has 0 aliphatic heterocycles. The molecule has 0 unspecified atom stereocenters. The number of carbonyl (C=O) groups is 2. The minimum absolute atomic E-state index is 0.0835. The van der Waals surface area contributed by atoms with Crippen LogP contribution in [0, 0.1) is 5.92 Å². The number of thioether (sulfide) groups is 1. The zero-order valence-corrected chi connectivity index (χ0v) is 13.0. The van der Waals surface area contributed by atoms with Gasteiger partial charge in [-0.25, -0.2) is 0 Å². The van der Waals surface area contributed by atoms with E-state index in [4.69, 9.17) is 0 Å². The van der Waals surface area contributed by atoms with E-state index in [1.807, 2.05) is 60.7 Å². The molecule has 0 bridgehead atoms.